The molecule has 0 saturated heterocycles. The van der Waals surface area contributed by atoms with Crippen LogP contribution in [0.4, 0.5) is 0 Å². The van der Waals surface area contributed by atoms with Crippen molar-refractivity contribution in [2.45, 2.75) is 19.4 Å². The van der Waals surface area contributed by atoms with E-state index in [-0.39, 0.29) is 6.42 Å². The molecule has 2 rings (SSSR count). The molecule has 1 heterocycles. The number of benzene rings is 1. The smallest absolute Gasteiger partial charge is 0.303 e. The first-order valence-electron chi connectivity index (χ1n) is 5.59. The number of nitrogens with zero attached hydrogens (tertiary/aromatic N) is 3. The molecule has 0 radical (unpaired) electrons. The summed E-state index contributed by atoms with van der Waals surface area (Å²) in [5.74, 6) is -0.852. The molecule has 2 aromatic rings. The summed E-state index contributed by atoms with van der Waals surface area (Å²) in [4.78, 5) is 10.5. The topological polar surface area (TPSA) is 68.0 Å². The highest BCUT2D eigenvalue weighted by Crippen LogP contribution is 2.21. The van der Waals surface area contributed by atoms with E-state index in [2.05, 4.69) is 10.3 Å². The molecule has 19 heavy (non-hydrogen) atoms. The van der Waals surface area contributed by atoms with E-state index in [1.54, 1.807) is 23.0 Å². The van der Waals surface area contributed by atoms with E-state index in [1.807, 2.05) is 6.07 Å². The Morgan fingerprint density at radius 3 is 2.84 bits per heavy atom. The zero-order chi connectivity index (χ0) is 13.8. The van der Waals surface area contributed by atoms with Crippen LogP contribution in [-0.2, 0) is 17.8 Å². The number of aryl methyl sites for hydroxylation is 1. The van der Waals surface area contributed by atoms with E-state index in [1.165, 1.54) is 0 Å². The Hall–Kier alpha value is -1.59. The van der Waals surface area contributed by atoms with Gasteiger partial charge in [-0.15, -0.1) is 5.10 Å². The number of rotatable bonds is 5. The maximum atomic E-state index is 10.5. The first-order chi connectivity index (χ1) is 9.04. The highest BCUT2D eigenvalue weighted by molar-refractivity contribution is 6.35. The quantitative estimate of drug-likeness (QED) is 0.921. The Morgan fingerprint density at radius 2 is 2.16 bits per heavy atom. The second-order valence-corrected chi connectivity index (χ2v) is 4.88. The minimum absolute atomic E-state index is 0.0421. The molecule has 0 saturated carbocycles. The van der Waals surface area contributed by atoms with Gasteiger partial charge in [0.2, 0.25) is 0 Å². The van der Waals surface area contributed by atoms with Gasteiger partial charge in [-0.3, -0.25) is 4.79 Å². The van der Waals surface area contributed by atoms with Gasteiger partial charge in [0.25, 0.3) is 0 Å². The van der Waals surface area contributed by atoms with Crippen molar-refractivity contribution in [3.8, 4) is 0 Å². The number of hydrogen-bond acceptors (Lipinski definition) is 3. The first kappa shape index (κ1) is 13.8. The highest BCUT2D eigenvalue weighted by Gasteiger charge is 2.06. The van der Waals surface area contributed by atoms with Crippen LogP contribution in [0.5, 0.6) is 0 Å². The lowest BCUT2D eigenvalue weighted by atomic mass is 10.2. The van der Waals surface area contributed by atoms with Crippen LogP contribution in [-0.4, -0.2) is 26.1 Å². The molecular formula is C12H11Cl2N3O2. The van der Waals surface area contributed by atoms with Crippen molar-refractivity contribution >= 4 is 29.2 Å². The normalized spacial score (nSPS) is 10.6. The summed E-state index contributed by atoms with van der Waals surface area (Å²) in [6.07, 6.45) is 2.12. The SMILES string of the molecule is O=C(O)CCc1cn(Cc2ccc(Cl)cc2Cl)nn1. The summed E-state index contributed by atoms with van der Waals surface area (Å²) in [7, 11) is 0. The maximum Gasteiger partial charge on any atom is 0.303 e. The van der Waals surface area contributed by atoms with Crippen LogP contribution >= 0.6 is 23.2 Å². The number of halogens is 2. The van der Waals surface area contributed by atoms with Crippen LogP contribution in [0.25, 0.3) is 0 Å². The lowest BCUT2D eigenvalue weighted by Gasteiger charge is -2.03. The lowest BCUT2D eigenvalue weighted by Crippen LogP contribution is -2.01. The molecule has 0 spiro atoms. The van der Waals surface area contributed by atoms with Crippen molar-refractivity contribution in [3.63, 3.8) is 0 Å². The molecule has 0 fully saturated rings. The fraction of sp³-hybridized carbons (Fsp3) is 0.250. The Kier molecular flexibility index (Phi) is 4.39. The van der Waals surface area contributed by atoms with Gasteiger partial charge >= 0.3 is 5.97 Å². The summed E-state index contributed by atoms with van der Waals surface area (Å²) >= 11 is 11.9. The fourth-order valence-corrected chi connectivity index (χ4v) is 2.06. The predicted octanol–water partition coefficient (Wildman–Crippen LogP) is 2.65. The molecule has 0 atom stereocenters. The molecule has 0 unspecified atom stereocenters. The fourth-order valence-electron chi connectivity index (χ4n) is 1.59. The number of hydrogen-bond donors (Lipinski definition) is 1. The van der Waals surface area contributed by atoms with Gasteiger partial charge in [0, 0.05) is 22.7 Å². The Bertz CT molecular complexity index is 598. The number of aromatic nitrogens is 3. The number of carbonyl (C=O) groups is 1. The van der Waals surface area contributed by atoms with E-state index in [4.69, 9.17) is 28.3 Å². The van der Waals surface area contributed by atoms with Gasteiger partial charge in [0.1, 0.15) is 0 Å². The first-order valence-corrected chi connectivity index (χ1v) is 6.35. The van der Waals surface area contributed by atoms with E-state index in [0.717, 1.165) is 5.56 Å². The summed E-state index contributed by atoms with van der Waals surface area (Å²) in [5.41, 5.74) is 1.52. The van der Waals surface area contributed by atoms with E-state index >= 15 is 0 Å². The summed E-state index contributed by atoms with van der Waals surface area (Å²) in [5, 5.41) is 17.6. The summed E-state index contributed by atoms with van der Waals surface area (Å²) < 4.78 is 1.62. The second-order valence-electron chi connectivity index (χ2n) is 4.04. The van der Waals surface area contributed by atoms with E-state index in [0.29, 0.717) is 28.7 Å². The third-order valence-electron chi connectivity index (χ3n) is 2.53. The van der Waals surface area contributed by atoms with Gasteiger partial charge in [-0.05, 0) is 17.7 Å². The minimum Gasteiger partial charge on any atom is -0.481 e. The molecular weight excluding hydrogens is 289 g/mol. The van der Waals surface area contributed by atoms with Gasteiger partial charge in [0.05, 0.1) is 18.7 Å². The van der Waals surface area contributed by atoms with E-state index < -0.39 is 5.97 Å². The Balaban J connectivity index is 2.05. The van der Waals surface area contributed by atoms with Crippen LogP contribution in [0.15, 0.2) is 24.4 Å². The third kappa shape index (κ3) is 3.94. The molecule has 100 valence electrons. The largest absolute Gasteiger partial charge is 0.481 e. The van der Waals surface area contributed by atoms with Gasteiger partial charge in [-0.25, -0.2) is 4.68 Å². The molecule has 7 heteroatoms. The molecule has 5 nitrogen and oxygen atoms in total. The van der Waals surface area contributed by atoms with Crippen molar-refractivity contribution in [3.05, 3.63) is 45.7 Å². The molecule has 1 aromatic carbocycles. The molecule has 0 amide bonds. The van der Waals surface area contributed by atoms with Crippen LogP contribution < -0.4 is 0 Å². The standard InChI is InChI=1S/C12H11Cl2N3O2/c13-9-2-1-8(11(14)5-9)6-17-7-10(15-16-17)3-4-12(18)19/h1-2,5,7H,3-4,6H2,(H,18,19). The monoisotopic (exact) mass is 299 g/mol. The average Bonchev–Trinajstić information content (AvgIpc) is 2.78. The minimum atomic E-state index is -0.852. The molecule has 1 aromatic heterocycles. The van der Waals surface area contributed by atoms with Crippen molar-refractivity contribution < 1.29 is 9.90 Å². The van der Waals surface area contributed by atoms with Gasteiger partial charge in [0.15, 0.2) is 0 Å². The van der Waals surface area contributed by atoms with Crippen molar-refractivity contribution in [2.24, 2.45) is 0 Å². The van der Waals surface area contributed by atoms with Crippen molar-refractivity contribution in [2.75, 3.05) is 0 Å². The number of aliphatic carboxylic acids is 1. The Labute approximate surface area is 119 Å². The zero-order valence-electron chi connectivity index (χ0n) is 9.88. The molecule has 0 aliphatic carbocycles. The van der Waals surface area contributed by atoms with Crippen LogP contribution in [0.1, 0.15) is 17.7 Å². The van der Waals surface area contributed by atoms with Gasteiger partial charge < -0.3 is 5.11 Å². The lowest BCUT2D eigenvalue weighted by molar-refractivity contribution is -0.136. The summed E-state index contributed by atoms with van der Waals surface area (Å²) in [6.45, 7) is 0.468. The average molecular weight is 300 g/mol. The Morgan fingerprint density at radius 1 is 1.37 bits per heavy atom. The number of carboxylic acid groups (broad SMARTS) is 1. The zero-order valence-corrected chi connectivity index (χ0v) is 11.4. The summed E-state index contributed by atoms with van der Waals surface area (Å²) in [6, 6.07) is 5.25. The highest BCUT2D eigenvalue weighted by atomic mass is 35.5. The second kappa shape index (κ2) is 6.04. The van der Waals surface area contributed by atoms with Crippen molar-refractivity contribution in [1.82, 2.24) is 15.0 Å². The van der Waals surface area contributed by atoms with Crippen LogP contribution in [0, 0.1) is 0 Å². The number of carboxylic acids is 1. The van der Waals surface area contributed by atoms with Crippen molar-refractivity contribution in [1.29, 1.82) is 0 Å². The molecule has 0 aliphatic heterocycles. The molecule has 1 N–H and O–H groups in total. The van der Waals surface area contributed by atoms with Crippen LogP contribution in [0.3, 0.4) is 0 Å². The van der Waals surface area contributed by atoms with Gasteiger partial charge in [-0.2, -0.15) is 0 Å². The predicted molar refractivity (Wildman–Crippen MR) is 71.5 cm³/mol. The third-order valence-corrected chi connectivity index (χ3v) is 3.12. The maximum absolute atomic E-state index is 10.5. The van der Waals surface area contributed by atoms with Crippen LogP contribution in [0.2, 0.25) is 10.0 Å². The molecule has 0 bridgehead atoms. The van der Waals surface area contributed by atoms with E-state index in [9.17, 15) is 4.79 Å². The van der Waals surface area contributed by atoms with Gasteiger partial charge in [-0.1, -0.05) is 34.5 Å². The molecule has 0 aliphatic rings.